The van der Waals surface area contributed by atoms with Gasteiger partial charge in [0.2, 0.25) is 11.7 Å². The third-order valence-electron chi connectivity index (χ3n) is 6.03. The quantitative estimate of drug-likeness (QED) is 0.726. The average Bonchev–Trinajstić information content (AvgIpc) is 2.81. The van der Waals surface area contributed by atoms with E-state index in [4.69, 9.17) is 4.74 Å². The molecule has 2 fully saturated rings. The van der Waals surface area contributed by atoms with Crippen molar-refractivity contribution in [2.45, 2.75) is 18.9 Å². The summed E-state index contributed by atoms with van der Waals surface area (Å²) in [5, 5.41) is 0. The number of benzene rings is 1. The molecule has 1 aromatic heterocycles. The molecule has 0 bridgehead atoms. The van der Waals surface area contributed by atoms with Gasteiger partial charge in [-0.05, 0) is 25.2 Å². The molecule has 0 radical (unpaired) electrons. The molecule has 0 saturated carbocycles. The largest absolute Gasteiger partial charge is 0.490 e. The number of amides is 2. The lowest BCUT2D eigenvalue weighted by molar-refractivity contribution is -0.135. The zero-order chi connectivity index (χ0) is 21.6. The molecule has 2 saturated heterocycles. The molecule has 2 aliphatic heterocycles. The van der Waals surface area contributed by atoms with E-state index in [1.165, 1.54) is 0 Å². The fourth-order valence-electron chi connectivity index (χ4n) is 4.18. The van der Waals surface area contributed by atoms with Gasteiger partial charge in [-0.15, -0.1) is 0 Å². The van der Waals surface area contributed by atoms with Crippen molar-refractivity contribution < 1.29 is 14.3 Å². The van der Waals surface area contributed by atoms with Crippen molar-refractivity contribution >= 4 is 11.8 Å². The van der Waals surface area contributed by atoms with E-state index >= 15 is 0 Å². The number of piperazine rings is 1. The van der Waals surface area contributed by atoms with Crippen LogP contribution in [-0.4, -0.2) is 88.9 Å². The molecule has 2 amide bonds. The Labute approximate surface area is 182 Å². The third kappa shape index (κ3) is 5.38. The normalized spacial score (nSPS) is 22.2. The fraction of sp³-hybridized carbons (Fsp3) is 0.478. The van der Waals surface area contributed by atoms with Gasteiger partial charge in [0.15, 0.2) is 0 Å². The fourth-order valence-corrected chi connectivity index (χ4v) is 4.18. The molecule has 1 aromatic carbocycles. The van der Waals surface area contributed by atoms with Crippen molar-refractivity contribution in [2.75, 3.05) is 46.3 Å². The predicted molar refractivity (Wildman–Crippen MR) is 116 cm³/mol. The second-order valence-electron chi connectivity index (χ2n) is 8.23. The first-order valence-electron chi connectivity index (χ1n) is 10.8. The van der Waals surface area contributed by atoms with Crippen molar-refractivity contribution in [3.05, 3.63) is 54.6 Å². The Morgan fingerprint density at radius 3 is 2.39 bits per heavy atom. The van der Waals surface area contributed by atoms with Crippen LogP contribution in [0.4, 0.5) is 0 Å². The molecule has 3 heterocycles. The topological polar surface area (TPSA) is 78.9 Å². The SMILES string of the molecule is CN1CCN(C(=O)C[C@H]2CN(C(=O)c3ncccn3)CC[C@@H]2Oc2ccccc2)CC1. The summed E-state index contributed by atoms with van der Waals surface area (Å²) in [6.07, 6.45) is 4.04. The van der Waals surface area contributed by atoms with E-state index in [-0.39, 0.29) is 29.7 Å². The Balaban J connectivity index is 1.46. The number of nitrogens with zero attached hydrogens (tertiary/aromatic N) is 5. The van der Waals surface area contributed by atoms with Gasteiger partial charge in [-0.1, -0.05) is 18.2 Å². The molecular weight excluding hydrogens is 394 g/mol. The molecule has 0 N–H and O–H groups in total. The van der Waals surface area contributed by atoms with Gasteiger partial charge in [0.05, 0.1) is 0 Å². The van der Waals surface area contributed by atoms with Gasteiger partial charge in [0.25, 0.3) is 5.91 Å². The van der Waals surface area contributed by atoms with E-state index in [0.29, 0.717) is 25.9 Å². The molecule has 2 aromatic rings. The van der Waals surface area contributed by atoms with Gasteiger partial charge in [0.1, 0.15) is 11.9 Å². The van der Waals surface area contributed by atoms with Gasteiger partial charge in [-0.3, -0.25) is 9.59 Å². The Morgan fingerprint density at radius 1 is 0.968 bits per heavy atom. The van der Waals surface area contributed by atoms with Crippen LogP contribution < -0.4 is 4.74 Å². The molecule has 0 unspecified atom stereocenters. The lowest BCUT2D eigenvalue weighted by Gasteiger charge is -2.39. The van der Waals surface area contributed by atoms with E-state index in [1.807, 2.05) is 35.2 Å². The molecular formula is C23H29N5O3. The van der Waals surface area contributed by atoms with Crippen LogP contribution in [0, 0.1) is 5.92 Å². The first-order chi connectivity index (χ1) is 15.1. The zero-order valence-electron chi connectivity index (χ0n) is 17.9. The molecule has 164 valence electrons. The van der Waals surface area contributed by atoms with E-state index in [0.717, 1.165) is 31.9 Å². The highest BCUT2D eigenvalue weighted by atomic mass is 16.5. The summed E-state index contributed by atoms with van der Waals surface area (Å²) in [4.78, 5) is 40.0. The second-order valence-corrected chi connectivity index (χ2v) is 8.23. The Hall–Kier alpha value is -3.00. The number of carbonyl (C=O) groups excluding carboxylic acids is 2. The first-order valence-corrected chi connectivity index (χ1v) is 10.8. The lowest BCUT2D eigenvalue weighted by atomic mass is 9.90. The van der Waals surface area contributed by atoms with Crippen molar-refractivity contribution in [1.29, 1.82) is 0 Å². The number of ether oxygens (including phenoxy) is 1. The zero-order valence-corrected chi connectivity index (χ0v) is 17.9. The van der Waals surface area contributed by atoms with Gasteiger partial charge >= 0.3 is 0 Å². The number of piperidine rings is 1. The summed E-state index contributed by atoms with van der Waals surface area (Å²) >= 11 is 0. The smallest absolute Gasteiger partial charge is 0.291 e. The van der Waals surface area contributed by atoms with Crippen LogP contribution in [0.5, 0.6) is 5.75 Å². The van der Waals surface area contributed by atoms with Crippen LogP contribution in [0.15, 0.2) is 48.8 Å². The molecule has 4 rings (SSSR count). The molecule has 2 atom stereocenters. The van der Waals surface area contributed by atoms with E-state index in [9.17, 15) is 9.59 Å². The lowest BCUT2D eigenvalue weighted by Crippen LogP contribution is -2.51. The third-order valence-corrected chi connectivity index (χ3v) is 6.03. The highest BCUT2D eigenvalue weighted by Gasteiger charge is 2.36. The van der Waals surface area contributed by atoms with Crippen LogP contribution in [0.25, 0.3) is 0 Å². The van der Waals surface area contributed by atoms with E-state index < -0.39 is 0 Å². The van der Waals surface area contributed by atoms with Crippen LogP contribution in [0.3, 0.4) is 0 Å². The summed E-state index contributed by atoms with van der Waals surface area (Å²) in [5.74, 6) is 0.819. The number of carbonyl (C=O) groups is 2. The van der Waals surface area contributed by atoms with Crippen LogP contribution in [-0.2, 0) is 4.79 Å². The maximum Gasteiger partial charge on any atom is 0.291 e. The summed E-state index contributed by atoms with van der Waals surface area (Å²) in [6.45, 7) is 4.26. The maximum absolute atomic E-state index is 13.0. The monoisotopic (exact) mass is 423 g/mol. The molecule has 8 heteroatoms. The Bertz CT molecular complexity index is 871. The maximum atomic E-state index is 13.0. The predicted octanol–water partition coefficient (Wildman–Crippen LogP) is 1.55. The number of likely N-dealkylation sites (N-methyl/N-ethyl adjacent to an activating group) is 1. The van der Waals surface area contributed by atoms with Gasteiger partial charge in [-0.2, -0.15) is 0 Å². The first kappa shape index (κ1) is 21.2. The van der Waals surface area contributed by atoms with Crippen molar-refractivity contribution in [1.82, 2.24) is 24.7 Å². The van der Waals surface area contributed by atoms with Gasteiger partial charge < -0.3 is 19.4 Å². The summed E-state index contributed by atoms with van der Waals surface area (Å²) < 4.78 is 6.26. The summed E-state index contributed by atoms with van der Waals surface area (Å²) in [5.41, 5.74) is 0. The highest BCUT2D eigenvalue weighted by Crippen LogP contribution is 2.27. The van der Waals surface area contributed by atoms with Crippen molar-refractivity contribution in [3.63, 3.8) is 0 Å². The number of rotatable bonds is 5. The standard InChI is InChI=1S/C23H29N5O3/c1-26-12-14-27(15-13-26)21(29)16-18-17-28(23(30)22-24-9-5-10-25-22)11-8-20(18)31-19-6-3-2-4-7-19/h2-7,9-10,18,20H,8,11-17H2,1H3/t18-,20-/m0/s1. The van der Waals surface area contributed by atoms with Crippen LogP contribution in [0.2, 0.25) is 0 Å². The van der Waals surface area contributed by atoms with Gasteiger partial charge in [0, 0.05) is 70.4 Å². The summed E-state index contributed by atoms with van der Waals surface area (Å²) in [6, 6.07) is 11.4. The number of para-hydroxylation sites is 1. The molecule has 2 aliphatic rings. The average molecular weight is 424 g/mol. The van der Waals surface area contributed by atoms with E-state index in [1.54, 1.807) is 23.4 Å². The molecule has 0 aliphatic carbocycles. The molecule has 0 spiro atoms. The molecule has 31 heavy (non-hydrogen) atoms. The van der Waals surface area contributed by atoms with Crippen molar-refractivity contribution in [3.8, 4) is 5.75 Å². The number of aromatic nitrogens is 2. The van der Waals surface area contributed by atoms with Crippen LogP contribution in [0.1, 0.15) is 23.5 Å². The minimum Gasteiger partial charge on any atom is -0.490 e. The minimum atomic E-state index is -0.198. The highest BCUT2D eigenvalue weighted by molar-refractivity contribution is 5.90. The van der Waals surface area contributed by atoms with Gasteiger partial charge in [-0.25, -0.2) is 9.97 Å². The minimum absolute atomic E-state index is 0.0891. The summed E-state index contributed by atoms with van der Waals surface area (Å²) in [7, 11) is 2.07. The number of likely N-dealkylation sites (tertiary alicyclic amines) is 1. The number of hydrogen-bond acceptors (Lipinski definition) is 6. The second kappa shape index (κ2) is 9.87. The number of hydrogen-bond donors (Lipinski definition) is 0. The Kier molecular flexibility index (Phi) is 6.76. The molecule has 8 nitrogen and oxygen atoms in total. The van der Waals surface area contributed by atoms with Crippen molar-refractivity contribution in [2.24, 2.45) is 5.92 Å². The Morgan fingerprint density at radius 2 is 1.68 bits per heavy atom. The van der Waals surface area contributed by atoms with Crippen LogP contribution >= 0.6 is 0 Å². The van der Waals surface area contributed by atoms with E-state index in [2.05, 4.69) is 21.9 Å².